The summed E-state index contributed by atoms with van der Waals surface area (Å²) in [6.07, 6.45) is 0. The van der Waals surface area contributed by atoms with Gasteiger partial charge in [0.05, 0.1) is 11.2 Å². The van der Waals surface area contributed by atoms with Crippen LogP contribution in [-0.4, -0.2) is 35.5 Å². The molecular weight excluding hydrogens is 312 g/mol. The zero-order valence-electron chi connectivity index (χ0n) is 14.8. The van der Waals surface area contributed by atoms with Crippen molar-refractivity contribution in [2.75, 3.05) is 13.7 Å². The topological polar surface area (TPSA) is 42.4 Å². The van der Waals surface area contributed by atoms with Gasteiger partial charge in [0, 0.05) is 30.1 Å². The number of ether oxygens (including phenoxy) is 1. The van der Waals surface area contributed by atoms with Crippen molar-refractivity contribution in [3.05, 3.63) is 60.7 Å². The van der Waals surface area contributed by atoms with E-state index in [1.807, 2.05) is 74.5 Å². The third kappa shape index (κ3) is 3.79. The number of pyridine rings is 1. The highest BCUT2D eigenvalue weighted by molar-refractivity contribution is 5.88. The smallest absolute Gasteiger partial charge is 0.260 e. The Bertz CT molecular complexity index is 875. The first kappa shape index (κ1) is 17.0. The van der Waals surface area contributed by atoms with Gasteiger partial charge in [0.1, 0.15) is 5.75 Å². The van der Waals surface area contributed by atoms with E-state index in [4.69, 9.17) is 9.72 Å². The number of nitrogens with zero attached hydrogens (tertiary/aromatic N) is 2. The Morgan fingerprint density at radius 2 is 1.76 bits per heavy atom. The fraction of sp³-hybridized carbons (Fsp3) is 0.238. The number of hydrogen-bond acceptors (Lipinski definition) is 3. The van der Waals surface area contributed by atoms with E-state index in [0.29, 0.717) is 5.75 Å². The van der Waals surface area contributed by atoms with Gasteiger partial charge in [-0.3, -0.25) is 4.79 Å². The number of carbonyl (C=O) groups is 1. The molecule has 4 heteroatoms. The third-order valence-electron chi connectivity index (χ3n) is 4.27. The van der Waals surface area contributed by atoms with E-state index >= 15 is 0 Å². The monoisotopic (exact) mass is 334 g/mol. The molecule has 0 aliphatic rings. The largest absolute Gasteiger partial charge is 0.483 e. The third-order valence-corrected chi connectivity index (χ3v) is 4.27. The molecule has 0 spiro atoms. The molecule has 0 aliphatic carbocycles. The number of fused-ring (bicyclic) bond motifs is 1. The van der Waals surface area contributed by atoms with Crippen molar-refractivity contribution >= 4 is 16.8 Å². The minimum Gasteiger partial charge on any atom is -0.483 e. The zero-order valence-corrected chi connectivity index (χ0v) is 14.8. The molecule has 0 saturated carbocycles. The number of rotatable bonds is 5. The summed E-state index contributed by atoms with van der Waals surface area (Å²) in [5.41, 5.74) is 2.70. The van der Waals surface area contributed by atoms with Gasteiger partial charge in [-0.25, -0.2) is 4.98 Å². The first-order chi connectivity index (χ1) is 12.1. The van der Waals surface area contributed by atoms with E-state index in [9.17, 15) is 4.79 Å². The molecule has 0 atom stereocenters. The lowest BCUT2D eigenvalue weighted by molar-refractivity contribution is -0.133. The van der Waals surface area contributed by atoms with E-state index in [2.05, 4.69) is 0 Å². The van der Waals surface area contributed by atoms with Crippen LogP contribution < -0.4 is 4.74 Å². The molecule has 25 heavy (non-hydrogen) atoms. The molecule has 128 valence electrons. The van der Waals surface area contributed by atoms with Crippen LogP contribution in [0.5, 0.6) is 5.75 Å². The molecule has 2 aromatic carbocycles. The van der Waals surface area contributed by atoms with Gasteiger partial charge in [-0.1, -0.05) is 42.5 Å². The number of likely N-dealkylation sites (N-methyl/N-ethyl adjacent to an activating group) is 1. The predicted molar refractivity (Wildman–Crippen MR) is 101 cm³/mol. The molecule has 3 aromatic rings. The maximum absolute atomic E-state index is 12.2. The summed E-state index contributed by atoms with van der Waals surface area (Å²) in [6.45, 7) is 3.97. The second-order valence-corrected chi connectivity index (χ2v) is 6.28. The number of aromatic nitrogens is 1. The summed E-state index contributed by atoms with van der Waals surface area (Å²) in [5.74, 6) is 0.632. The minimum absolute atomic E-state index is 0.0108. The molecule has 1 aromatic heterocycles. The highest BCUT2D eigenvalue weighted by Crippen LogP contribution is 2.30. The molecule has 0 unspecified atom stereocenters. The molecular formula is C21H22N2O2. The van der Waals surface area contributed by atoms with Crippen LogP contribution in [0.25, 0.3) is 22.2 Å². The zero-order chi connectivity index (χ0) is 17.8. The van der Waals surface area contributed by atoms with E-state index in [-0.39, 0.29) is 18.6 Å². The lowest BCUT2D eigenvalue weighted by atomic mass is 10.1. The highest BCUT2D eigenvalue weighted by atomic mass is 16.5. The van der Waals surface area contributed by atoms with Gasteiger partial charge in [-0.2, -0.15) is 0 Å². The highest BCUT2D eigenvalue weighted by Gasteiger charge is 2.14. The SMILES string of the molecule is CC(C)N(C)C(=O)COc1cc(-c2ccccc2)nc2ccccc12. The van der Waals surface area contributed by atoms with Crippen LogP contribution in [0.2, 0.25) is 0 Å². The molecule has 0 N–H and O–H groups in total. The summed E-state index contributed by atoms with van der Waals surface area (Å²) < 4.78 is 5.88. The van der Waals surface area contributed by atoms with Crippen molar-refractivity contribution in [1.29, 1.82) is 0 Å². The fourth-order valence-corrected chi connectivity index (χ4v) is 2.55. The molecule has 4 nitrogen and oxygen atoms in total. The quantitative estimate of drug-likeness (QED) is 0.704. The molecule has 0 bridgehead atoms. The minimum atomic E-state index is -0.0443. The average molecular weight is 334 g/mol. The first-order valence-electron chi connectivity index (χ1n) is 8.40. The Morgan fingerprint density at radius 3 is 2.48 bits per heavy atom. The second kappa shape index (κ2) is 7.34. The van der Waals surface area contributed by atoms with Gasteiger partial charge in [0.2, 0.25) is 0 Å². The van der Waals surface area contributed by atoms with Crippen molar-refractivity contribution in [2.45, 2.75) is 19.9 Å². The number of carbonyl (C=O) groups excluding carboxylic acids is 1. The van der Waals surface area contributed by atoms with Gasteiger partial charge in [0.25, 0.3) is 5.91 Å². The summed E-state index contributed by atoms with van der Waals surface area (Å²) in [6, 6.07) is 19.8. The van der Waals surface area contributed by atoms with Crippen molar-refractivity contribution in [2.24, 2.45) is 0 Å². The summed E-state index contributed by atoms with van der Waals surface area (Å²) >= 11 is 0. The Morgan fingerprint density at radius 1 is 1.08 bits per heavy atom. The first-order valence-corrected chi connectivity index (χ1v) is 8.40. The van der Waals surface area contributed by atoms with E-state index in [1.165, 1.54) is 0 Å². The van der Waals surface area contributed by atoms with Crippen molar-refractivity contribution in [3.63, 3.8) is 0 Å². The lowest BCUT2D eigenvalue weighted by Gasteiger charge is -2.21. The van der Waals surface area contributed by atoms with Gasteiger partial charge >= 0.3 is 0 Å². The van der Waals surface area contributed by atoms with Crippen LogP contribution in [-0.2, 0) is 4.79 Å². The fourth-order valence-electron chi connectivity index (χ4n) is 2.55. The number of amides is 1. The number of benzene rings is 2. The molecule has 0 aliphatic heterocycles. The Labute approximate surface area is 148 Å². The second-order valence-electron chi connectivity index (χ2n) is 6.28. The van der Waals surface area contributed by atoms with Crippen LogP contribution >= 0.6 is 0 Å². The molecule has 1 heterocycles. The predicted octanol–water partition coefficient (Wildman–Crippen LogP) is 4.15. The van der Waals surface area contributed by atoms with E-state index in [0.717, 1.165) is 22.2 Å². The lowest BCUT2D eigenvalue weighted by Crippen LogP contribution is -2.36. The molecule has 1 amide bonds. The molecule has 0 radical (unpaired) electrons. The van der Waals surface area contributed by atoms with Crippen LogP contribution in [0.3, 0.4) is 0 Å². The van der Waals surface area contributed by atoms with Crippen LogP contribution in [0.4, 0.5) is 0 Å². The molecule has 0 saturated heterocycles. The van der Waals surface area contributed by atoms with E-state index < -0.39 is 0 Å². The van der Waals surface area contributed by atoms with Gasteiger partial charge in [-0.05, 0) is 26.0 Å². The van der Waals surface area contributed by atoms with Crippen LogP contribution in [0.15, 0.2) is 60.7 Å². The Balaban J connectivity index is 1.95. The average Bonchev–Trinajstić information content (AvgIpc) is 2.65. The van der Waals surface area contributed by atoms with E-state index in [1.54, 1.807) is 11.9 Å². The van der Waals surface area contributed by atoms with Crippen LogP contribution in [0, 0.1) is 0 Å². The Hall–Kier alpha value is -2.88. The van der Waals surface area contributed by atoms with Gasteiger partial charge in [0.15, 0.2) is 6.61 Å². The maximum atomic E-state index is 12.2. The molecule has 0 fully saturated rings. The van der Waals surface area contributed by atoms with Crippen molar-refractivity contribution in [1.82, 2.24) is 9.88 Å². The molecule has 3 rings (SSSR count). The number of para-hydroxylation sites is 1. The normalized spacial score (nSPS) is 10.9. The maximum Gasteiger partial charge on any atom is 0.260 e. The summed E-state index contributed by atoms with van der Waals surface area (Å²) in [5, 5.41) is 0.905. The van der Waals surface area contributed by atoms with Crippen molar-refractivity contribution < 1.29 is 9.53 Å². The van der Waals surface area contributed by atoms with Crippen LogP contribution in [0.1, 0.15) is 13.8 Å². The van der Waals surface area contributed by atoms with Gasteiger partial charge < -0.3 is 9.64 Å². The number of hydrogen-bond donors (Lipinski definition) is 0. The summed E-state index contributed by atoms with van der Waals surface area (Å²) in [7, 11) is 1.79. The standard InChI is InChI=1S/C21H22N2O2/c1-15(2)23(3)21(24)14-25-20-13-19(16-9-5-4-6-10-16)22-18-12-8-7-11-17(18)20/h4-13,15H,14H2,1-3H3. The van der Waals surface area contributed by atoms with Crippen molar-refractivity contribution in [3.8, 4) is 17.0 Å². The van der Waals surface area contributed by atoms with Gasteiger partial charge in [-0.15, -0.1) is 0 Å². The summed E-state index contributed by atoms with van der Waals surface area (Å²) in [4.78, 5) is 18.6. The Kier molecular flexibility index (Phi) is 4.98.